The van der Waals surface area contributed by atoms with Crippen LogP contribution < -0.4 is 0 Å². The minimum absolute atomic E-state index is 0.0705. The lowest BCUT2D eigenvalue weighted by Gasteiger charge is -2.62. The molecule has 2 N–H and O–H groups in total. The number of Topliss-reactive ketones (excluding diaryl/α,β-unsaturated/α-hetero) is 1. The summed E-state index contributed by atoms with van der Waals surface area (Å²) in [6, 6.07) is 0. The Labute approximate surface area is 204 Å². The van der Waals surface area contributed by atoms with E-state index in [4.69, 9.17) is 4.74 Å². The van der Waals surface area contributed by atoms with Crippen LogP contribution in [-0.2, 0) is 19.1 Å². The zero-order valence-corrected chi connectivity index (χ0v) is 20.9. The molecule has 0 radical (unpaired) electrons. The number of hydrogen-bond acceptors (Lipinski definition) is 6. The summed E-state index contributed by atoms with van der Waals surface area (Å²) in [5, 5.41) is 21.3. The smallest absolute Gasteiger partial charge is 0.306 e. The molecule has 0 aromatic heterocycles. The van der Waals surface area contributed by atoms with Crippen LogP contribution in [0.15, 0.2) is 23.6 Å². The molecule has 3 fully saturated rings. The van der Waals surface area contributed by atoms with E-state index >= 15 is 4.39 Å². The van der Waals surface area contributed by atoms with Gasteiger partial charge in [0.1, 0.15) is 6.61 Å². The first kappa shape index (κ1) is 26.1. The van der Waals surface area contributed by atoms with Crippen LogP contribution in [0.5, 0.6) is 0 Å². The van der Waals surface area contributed by atoms with Crippen LogP contribution in [0.1, 0.15) is 72.6 Å². The van der Waals surface area contributed by atoms with Gasteiger partial charge < -0.3 is 14.9 Å². The van der Waals surface area contributed by atoms with Gasteiger partial charge >= 0.3 is 5.97 Å². The molecular formula is C27H36F2O6. The van der Waals surface area contributed by atoms with Crippen molar-refractivity contribution in [3.63, 3.8) is 0 Å². The van der Waals surface area contributed by atoms with E-state index in [-0.39, 0.29) is 31.3 Å². The van der Waals surface area contributed by atoms with Crippen molar-refractivity contribution < 1.29 is 38.1 Å². The fourth-order valence-electron chi connectivity index (χ4n) is 8.15. The van der Waals surface area contributed by atoms with Crippen molar-refractivity contribution in [1.29, 1.82) is 0 Å². The lowest BCUT2D eigenvalue weighted by atomic mass is 9.44. The van der Waals surface area contributed by atoms with Gasteiger partial charge in [0.25, 0.3) is 0 Å². The standard InChI is InChI=1S/C27H36F2O6/c1-5-6-7-22(34)35-27(21(33)14-30)15(2)12-18-16-8-9-17-23(28)19(31)10-11-24(17,3)26(16,29)20(32)13-25(18,27)4/h10-11,15-16,18,20,30,32H,5-9,12-14H2,1-4H3/t15-,16+,18+,20+,24+,25+,26+,27+/m1/s1. The highest BCUT2D eigenvalue weighted by Crippen LogP contribution is 2.71. The second-order valence-corrected chi connectivity index (χ2v) is 11.4. The Morgan fingerprint density at radius 1 is 1.26 bits per heavy atom. The lowest BCUT2D eigenvalue weighted by molar-refractivity contribution is -0.228. The van der Waals surface area contributed by atoms with E-state index in [1.165, 1.54) is 13.0 Å². The number of ketones is 2. The fraction of sp³-hybridized carbons (Fsp3) is 0.741. The Morgan fingerprint density at radius 3 is 2.57 bits per heavy atom. The van der Waals surface area contributed by atoms with Crippen molar-refractivity contribution in [2.24, 2.45) is 28.6 Å². The van der Waals surface area contributed by atoms with E-state index in [1.807, 2.05) is 6.92 Å². The molecule has 8 atom stereocenters. The van der Waals surface area contributed by atoms with Crippen molar-refractivity contribution in [3.8, 4) is 0 Å². The molecule has 8 heteroatoms. The molecule has 3 saturated carbocycles. The summed E-state index contributed by atoms with van der Waals surface area (Å²) in [5.41, 5.74) is -6.54. The summed E-state index contributed by atoms with van der Waals surface area (Å²) in [6.45, 7) is 6.14. The third kappa shape index (κ3) is 3.21. The van der Waals surface area contributed by atoms with Gasteiger partial charge in [0, 0.05) is 29.1 Å². The van der Waals surface area contributed by atoms with E-state index in [2.05, 4.69) is 0 Å². The van der Waals surface area contributed by atoms with E-state index in [0.29, 0.717) is 12.8 Å². The Kier molecular flexibility index (Phi) is 6.41. The molecule has 0 saturated heterocycles. The quantitative estimate of drug-likeness (QED) is 0.543. The lowest BCUT2D eigenvalue weighted by Crippen LogP contribution is -2.70. The first-order chi connectivity index (χ1) is 16.3. The van der Waals surface area contributed by atoms with Crippen molar-refractivity contribution in [2.45, 2.75) is 90.0 Å². The number of carbonyl (C=O) groups is 3. The number of rotatable bonds is 6. The first-order valence-electron chi connectivity index (χ1n) is 12.7. The molecular weight excluding hydrogens is 458 g/mol. The normalized spacial score (nSPS) is 44.5. The second kappa shape index (κ2) is 8.58. The maximum absolute atomic E-state index is 17.3. The maximum Gasteiger partial charge on any atom is 0.306 e. The number of unbranched alkanes of at least 4 members (excludes halogenated alkanes) is 1. The minimum atomic E-state index is -2.27. The summed E-state index contributed by atoms with van der Waals surface area (Å²) >= 11 is 0. The zero-order chi connectivity index (χ0) is 26.0. The first-order valence-corrected chi connectivity index (χ1v) is 12.7. The highest BCUT2D eigenvalue weighted by Gasteiger charge is 2.77. The molecule has 4 aliphatic carbocycles. The average molecular weight is 495 g/mol. The molecule has 35 heavy (non-hydrogen) atoms. The second-order valence-electron chi connectivity index (χ2n) is 11.4. The van der Waals surface area contributed by atoms with Crippen LogP contribution in [0.25, 0.3) is 0 Å². The fourth-order valence-corrected chi connectivity index (χ4v) is 8.15. The Morgan fingerprint density at radius 2 is 1.94 bits per heavy atom. The van der Waals surface area contributed by atoms with Gasteiger partial charge in [-0.1, -0.05) is 33.3 Å². The molecule has 0 heterocycles. The predicted molar refractivity (Wildman–Crippen MR) is 123 cm³/mol. The SMILES string of the molecule is CCCCC(=O)O[C@]1(C(=O)CO)[C@H](C)C[C@H]2[C@@H]3CCC4=C(F)C(=O)C=C[C@]4(C)[C@@]3(F)[C@@H](O)C[C@@]21C. The molecule has 0 spiro atoms. The van der Waals surface area contributed by atoms with Gasteiger partial charge in [0.2, 0.25) is 11.6 Å². The van der Waals surface area contributed by atoms with Crippen molar-refractivity contribution >= 4 is 17.5 Å². The number of aliphatic hydroxyl groups is 2. The van der Waals surface area contributed by atoms with Gasteiger partial charge in [0.05, 0.1) is 6.10 Å². The number of fused-ring (bicyclic) bond motifs is 5. The van der Waals surface area contributed by atoms with Crippen LogP contribution in [0, 0.1) is 28.6 Å². The molecule has 0 aliphatic heterocycles. The Balaban J connectivity index is 1.82. The number of carbonyl (C=O) groups excluding carboxylic acids is 3. The molecule has 0 unspecified atom stereocenters. The van der Waals surface area contributed by atoms with Gasteiger partial charge in [-0.15, -0.1) is 0 Å². The Bertz CT molecular complexity index is 1010. The minimum Gasteiger partial charge on any atom is -0.450 e. The zero-order valence-electron chi connectivity index (χ0n) is 20.9. The molecule has 194 valence electrons. The largest absolute Gasteiger partial charge is 0.450 e. The average Bonchev–Trinajstić information content (AvgIpc) is 3.03. The molecule has 0 aromatic carbocycles. The number of aliphatic hydroxyl groups excluding tert-OH is 2. The van der Waals surface area contributed by atoms with Gasteiger partial charge in [-0.3, -0.25) is 14.4 Å². The van der Waals surface area contributed by atoms with Crippen LogP contribution >= 0.6 is 0 Å². The molecule has 4 rings (SSSR count). The van der Waals surface area contributed by atoms with E-state index in [0.717, 1.165) is 12.5 Å². The van der Waals surface area contributed by atoms with Crippen LogP contribution in [-0.4, -0.2) is 51.7 Å². The number of ether oxygens (including phenoxy) is 1. The molecule has 0 aromatic rings. The monoisotopic (exact) mass is 494 g/mol. The Hall–Kier alpha value is -1.93. The highest BCUT2D eigenvalue weighted by molar-refractivity contribution is 6.04. The maximum atomic E-state index is 17.3. The number of allylic oxidation sites excluding steroid dienone is 4. The number of halogens is 2. The third-order valence-corrected chi connectivity index (χ3v) is 9.84. The third-order valence-electron chi connectivity index (χ3n) is 9.84. The van der Waals surface area contributed by atoms with Crippen LogP contribution in [0.3, 0.4) is 0 Å². The summed E-state index contributed by atoms with van der Waals surface area (Å²) in [5.74, 6) is -4.69. The number of hydrogen-bond donors (Lipinski definition) is 2. The highest BCUT2D eigenvalue weighted by atomic mass is 19.1. The molecule has 0 amide bonds. The predicted octanol–water partition coefficient (Wildman–Crippen LogP) is 3.93. The van der Waals surface area contributed by atoms with Crippen molar-refractivity contribution in [1.82, 2.24) is 0 Å². The van der Waals surface area contributed by atoms with Gasteiger partial charge in [-0.2, -0.15) is 0 Å². The van der Waals surface area contributed by atoms with Crippen LogP contribution in [0.2, 0.25) is 0 Å². The van der Waals surface area contributed by atoms with E-state index in [1.54, 1.807) is 13.8 Å². The molecule has 6 nitrogen and oxygen atoms in total. The van der Waals surface area contributed by atoms with E-state index in [9.17, 15) is 29.0 Å². The number of alkyl halides is 1. The topological polar surface area (TPSA) is 101 Å². The summed E-state index contributed by atoms with van der Waals surface area (Å²) in [7, 11) is 0. The van der Waals surface area contributed by atoms with Gasteiger partial charge in [-0.05, 0) is 56.6 Å². The number of esters is 1. The van der Waals surface area contributed by atoms with Gasteiger partial charge in [0.15, 0.2) is 17.1 Å². The van der Waals surface area contributed by atoms with Crippen molar-refractivity contribution in [2.75, 3.05) is 6.61 Å². The summed E-state index contributed by atoms with van der Waals surface area (Å²) in [4.78, 5) is 38.1. The molecule has 4 aliphatic rings. The van der Waals surface area contributed by atoms with Gasteiger partial charge in [-0.25, -0.2) is 8.78 Å². The van der Waals surface area contributed by atoms with Crippen LogP contribution in [0.4, 0.5) is 8.78 Å². The van der Waals surface area contributed by atoms with E-state index < -0.39 is 75.9 Å². The van der Waals surface area contributed by atoms with Crippen molar-refractivity contribution in [3.05, 3.63) is 23.6 Å². The summed E-state index contributed by atoms with van der Waals surface area (Å²) in [6.07, 6.45) is 2.76. The summed E-state index contributed by atoms with van der Waals surface area (Å²) < 4.78 is 38.1. The molecule has 0 bridgehead atoms.